The number of anilines is 2. The van der Waals surface area contributed by atoms with Crippen molar-refractivity contribution in [2.24, 2.45) is 11.8 Å². The van der Waals surface area contributed by atoms with Crippen LogP contribution < -0.4 is 20.1 Å². The highest BCUT2D eigenvalue weighted by atomic mass is 32.2. The Hall–Kier alpha value is -3.91. The smallest absolute Gasteiger partial charge is 0.211 e. The Labute approximate surface area is 314 Å². The first-order valence-electron chi connectivity index (χ1n) is 18.7. The zero-order valence-electron chi connectivity index (χ0n) is 30.7. The summed E-state index contributed by atoms with van der Waals surface area (Å²) in [6.07, 6.45) is 11.5. The minimum Gasteiger partial charge on any atom is -0.382 e. The molecule has 53 heavy (non-hydrogen) atoms. The van der Waals surface area contributed by atoms with Crippen LogP contribution in [-0.4, -0.2) is 63.5 Å². The zero-order valence-corrected chi connectivity index (χ0v) is 32.3. The van der Waals surface area contributed by atoms with Gasteiger partial charge in [-0.15, -0.1) is 0 Å². The molecule has 0 bridgehead atoms. The van der Waals surface area contributed by atoms with Crippen LogP contribution in [0.3, 0.4) is 0 Å². The van der Waals surface area contributed by atoms with Crippen LogP contribution in [0.15, 0.2) is 91.3 Å². The third kappa shape index (κ3) is 13.2. The van der Waals surface area contributed by atoms with E-state index in [-0.39, 0.29) is 23.4 Å². The van der Waals surface area contributed by atoms with Gasteiger partial charge in [0.2, 0.25) is 20.0 Å². The minimum atomic E-state index is -3.13. The molecule has 2 aromatic carbocycles. The molecule has 13 heteroatoms. The molecule has 4 N–H and O–H groups in total. The highest BCUT2D eigenvalue weighted by molar-refractivity contribution is 7.89. The van der Waals surface area contributed by atoms with Crippen LogP contribution in [0.4, 0.5) is 15.9 Å². The van der Waals surface area contributed by atoms with Crippen LogP contribution >= 0.6 is 0 Å². The SMILES string of the molecule is CCS(=O)(=O)NCC1CCC(Nc2cc(-c3ccccc3)ccn2)CC1.CCS(=O)(=O)NCC1CCC(Nc2cc(F)cc(-c3ccccn3)c2)CC1. The lowest BCUT2D eigenvalue weighted by Gasteiger charge is -2.30. The Bertz CT molecular complexity index is 1940. The molecule has 2 aliphatic rings. The summed E-state index contributed by atoms with van der Waals surface area (Å²) >= 11 is 0. The molecule has 2 fully saturated rings. The minimum absolute atomic E-state index is 0.113. The molecule has 2 aliphatic carbocycles. The summed E-state index contributed by atoms with van der Waals surface area (Å²) in [5, 5.41) is 6.97. The lowest BCUT2D eigenvalue weighted by Crippen LogP contribution is -2.34. The summed E-state index contributed by atoms with van der Waals surface area (Å²) in [4.78, 5) is 8.74. The zero-order chi connectivity index (χ0) is 37.7. The van der Waals surface area contributed by atoms with Gasteiger partial charge in [-0.25, -0.2) is 35.7 Å². The maximum Gasteiger partial charge on any atom is 0.211 e. The third-order valence-corrected chi connectivity index (χ3v) is 12.8. The fourth-order valence-corrected chi connectivity index (χ4v) is 8.22. The summed E-state index contributed by atoms with van der Waals surface area (Å²) in [6.45, 7) is 4.37. The second kappa shape index (κ2) is 19.4. The van der Waals surface area contributed by atoms with E-state index in [1.54, 1.807) is 20.0 Å². The number of sulfonamides is 2. The van der Waals surface area contributed by atoms with Gasteiger partial charge in [0.1, 0.15) is 11.6 Å². The van der Waals surface area contributed by atoms with Crippen molar-refractivity contribution in [1.82, 2.24) is 19.4 Å². The van der Waals surface area contributed by atoms with Gasteiger partial charge in [0.15, 0.2) is 0 Å². The van der Waals surface area contributed by atoms with Gasteiger partial charge in [-0.1, -0.05) is 36.4 Å². The summed E-state index contributed by atoms with van der Waals surface area (Å²) in [5.74, 6) is 1.67. The van der Waals surface area contributed by atoms with Crippen molar-refractivity contribution in [3.05, 3.63) is 97.1 Å². The van der Waals surface area contributed by atoms with E-state index in [1.807, 2.05) is 54.7 Å². The standard InChI is InChI=1S/C20H26FN3O2S.C20H27N3O2S/c1-2-27(25,26)23-14-15-6-8-18(9-7-15)24-19-12-16(11-17(21)13-19)20-5-3-4-10-22-20;1-2-26(24,25)22-15-16-8-10-19(11-9-16)23-20-14-18(12-13-21-20)17-6-4-3-5-7-17/h3-5,10-13,15,18,23-24H,2,6-9,14H2,1H3;3-7,12-14,16,19,22H,2,8-11,15H2,1H3,(H,21,23). The number of hydrogen-bond acceptors (Lipinski definition) is 8. The van der Waals surface area contributed by atoms with E-state index < -0.39 is 20.0 Å². The molecule has 0 atom stereocenters. The summed E-state index contributed by atoms with van der Waals surface area (Å²) in [5.41, 5.74) is 4.59. The molecule has 0 radical (unpaired) electrons. The number of halogens is 1. The van der Waals surface area contributed by atoms with Crippen LogP contribution in [0.5, 0.6) is 0 Å². The highest BCUT2D eigenvalue weighted by Crippen LogP contribution is 2.30. The van der Waals surface area contributed by atoms with Crippen molar-refractivity contribution < 1.29 is 21.2 Å². The predicted molar refractivity (Wildman–Crippen MR) is 213 cm³/mol. The molecule has 10 nitrogen and oxygen atoms in total. The molecule has 2 saturated carbocycles. The molecular formula is C40H53FN6O4S2. The van der Waals surface area contributed by atoms with Crippen molar-refractivity contribution in [2.45, 2.75) is 77.3 Å². The van der Waals surface area contributed by atoms with E-state index in [0.29, 0.717) is 31.0 Å². The molecule has 286 valence electrons. The molecule has 6 rings (SSSR count). The maximum absolute atomic E-state index is 14.0. The molecule has 0 unspecified atom stereocenters. The van der Waals surface area contributed by atoms with Crippen LogP contribution in [0.1, 0.15) is 65.2 Å². The van der Waals surface area contributed by atoms with Crippen LogP contribution in [-0.2, 0) is 20.0 Å². The van der Waals surface area contributed by atoms with Gasteiger partial charge in [-0.05, 0) is 131 Å². The second-order valence-electron chi connectivity index (χ2n) is 14.0. The highest BCUT2D eigenvalue weighted by Gasteiger charge is 2.24. The molecule has 4 aromatic rings. The van der Waals surface area contributed by atoms with Gasteiger partial charge < -0.3 is 10.6 Å². The van der Waals surface area contributed by atoms with E-state index in [9.17, 15) is 21.2 Å². The third-order valence-electron chi connectivity index (χ3n) is 10.1. The van der Waals surface area contributed by atoms with Gasteiger partial charge in [0.05, 0.1) is 17.2 Å². The van der Waals surface area contributed by atoms with Gasteiger partial charge in [-0.2, -0.15) is 0 Å². The van der Waals surface area contributed by atoms with Crippen LogP contribution in [0, 0.1) is 17.7 Å². The van der Waals surface area contributed by atoms with E-state index in [0.717, 1.165) is 79.7 Å². The molecule has 2 aromatic heterocycles. The van der Waals surface area contributed by atoms with Gasteiger partial charge in [0.25, 0.3) is 0 Å². The topological polar surface area (TPSA) is 142 Å². The van der Waals surface area contributed by atoms with E-state index >= 15 is 0 Å². The Kier molecular flexibility index (Phi) is 14.8. The molecular weight excluding hydrogens is 712 g/mol. The van der Waals surface area contributed by atoms with E-state index in [1.165, 1.54) is 17.7 Å². The number of hydrogen-bond donors (Lipinski definition) is 4. The maximum atomic E-state index is 14.0. The first kappa shape index (κ1) is 40.3. The Morgan fingerprint density at radius 2 is 1.19 bits per heavy atom. The first-order valence-corrected chi connectivity index (χ1v) is 22.0. The normalized spacial score (nSPS) is 20.5. The molecule has 0 spiro atoms. The fourth-order valence-electron chi connectivity index (χ4n) is 6.83. The van der Waals surface area contributed by atoms with Crippen molar-refractivity contribution in [3.8, 4) is 22.4 Å². The van der Waals surface area contributed by atoms with Crippen molar-refractivity contribution in [2.75, 3.05) is 35.2 Å². The van der Waals surface area contributed by atoms with Gasteiger partial charge >= 0.3 is 0 Å². The predicted octanol–water partition coefficient (Wildman–Crippen LogP) is 7.46. The fraction of sp³-hybridized carbons (Fsp3) is 0.450. The number of nitrogens with one attached hydrogen (secondary N) is 4. The second-order valence-corrected chi connectivity index (χ2v) is 18.2. The van der Waals surface area contributed by atoms with E-state index in [4.69, 9.17) is 0 Å². The Morgan fingerprint density at radius 3 is 1.75 bits per heavy atom. The van der Waals surface area contributed by atoms with Crippen LogP contribution in [0.2, 0.25) is 0 Å². The van der Waals surface area contributed by atoms with Gasteiger partial charge in [-0.3, -0.25) is 4.98 Å². The Morgan fingerprint density at radius 1 is 0.604 bits per heavy atom. The summed E-state index contributed by atoms with van der Waals surface area (Å²) in [7, 11) is -6.22. The average molecular weight is 765 g/mol. The Balaban J connectivity index is 0.000000204. The first-order chi connectivity index (χ1) is 25.5. The quantitative estimate of drug-likeness (QED) is 0.104. The van der Waals surface area contributed by atoms with Crippen molar-refractivity contribution >= 4 is 31.6 Å². The monoisotopic (exact) mass is 764 g/mol. The molecule has 0 amide bonds. The lowest BCUT2D eigenvalue weighted by molar-refractivity contribution is 0.337. The molecule has 2 heterocycles. The van der Waals surface area contributed by atoms with Crippen molar-refractivity contribution in [1.29, 1.82) is 0 Å². The van der Waals surface area contributed by atoms with Crippen molar-refractivity contribution in [3.63, 3.8) is 0 Å². The lowest BCUT2D eigenvalue weighted by atomic mass is 9.86. The molecule has 0 aliphatic heterocycles. The number of aromatic nitrogens is 2. The number of benzene rings is 2. The number of nitrogens with zero attached hydrogens (tertiary/aromatic N) is 2. The van der Waals surface area contributed by atoms with Gasteiger partial charge in [0, 0.05) is 48.8 Å². The van der Waals surface area contributed by atoms with E-state index in [2.05, 4.69) is 48.2 Å². The average Bonchev–Trinajstić information content (AvgIpc) is 3.18. The summed E-state index contributed by atoms with van der Waals surface area (Å²) < 4.78 is 65.7. The largest absolute Gasteiger partial charge is 0.382 e. The number of pyridine rings is 2. The molecule has 0 saturated heterocycles. The van der Waals surface area contributed by atoms with Crippen LogP contribution in [0.25, 0.3) is 22.4 Å². The summed E-state index contributed by atoms with van der Waals surface area (Å²) in [6, 6.07) is 25.6. The number of rotatable bonds is 14.